The van der Waals surface area contributed by atoms with Crippen molar-refractivity contribution in [3.8, 4) is 0 Å². The molecule has 112 valence electrons. The standard InChI is InChI=1S/C18H31N2/c1-17(2)16-19(18-10-6-4-7-11-18)12-15-20(3)13-8-5-9-14-20/h4,6-7,10-11,17H,5,8-9,12-16H2,1-3H3/q+1. The maximum atomic E-state index is 2.57. The maximum absolute atomic E-state index is 2.57. The van der Waals surface area contributed by atoms with Crippen LogP contribution in [0.1, 0.15) is 33.1 Å². The number of hydrogen-bond acceptors (Lipinski definition) is 1. The topological polar surface area (TPSA) is 3.24 Å². The van der Waals surface area contributed by atoms with Crippen molar-refractivity contribution in [1.82, 2.24) is 0 Å². The first-order chi connectivity index (χ1) is 9.59. The number of hydrogen-bond donors (Lipinski definition) is 0. The number of para-hydroxylation sites is 1. The van der Waals surface area contributed by atoms with E-state index in [1.807, 2.05) is 0 Å². The Morgan fingerprint density at radius 2 is 1.70 bits per heavy atom. The maximum Gasteiger partial charge on any atom is 0.0962 e. The molecule has 0 bridgehead atoms. The van der Waals surface area contributed by atoms with Crippen molar-refractivity contribution in [2.75, 3.05) is 44.7 Å². The van der Waals surface area contributed by atoms with Crippen molar-refractivity contribution in [2.45, 2.75) is 33.1 Å². The minimum Gasteiger partial charge on any atom is -0.366 e. The Balaban J connectivity index is 1.97. The zero-order valence-corrected chi connectivity index (χ0v) is 13.5. The van der Waals surface area contributed by atoms with Gasteiger partial charge in [0.05, 0.1) is 33.2 Å². The lowest BCUT2D eigenvalue weighted by atomic mass is 10.1. The molecule has 0 saturated carbocycles. The van der Waals surface area contributed by atoms with Gasteiger partial charge in [-0.3, -0.25) is 0 Å². The van der Waals surface area contributed by atoms with Gasteiger partial charge in [-0.15, -0.1) is 0 Å². The van der Waals surface area contributed by atoms with E-state index in [9.17, 15) is 0 Å². The molecule has 0 aliphatic carbocycles. The number of nitrogens with zero attached hydrogens (tertiary/aromatic N) is 2. The summed E-state index contributed by atoms with van der Waals surface area (Å²) in [7, 11) is 2.44. The van der Waals surface area contributed by atoms with Crippen LogP contribution in [-0.2, 0) is 0 Å². The van der Waals surface area contributed by atoms with Crippen molar-refractivity contribution < 1.29 is 4.48 Å². The highest BCUT2D eigenvalue weighted by molar-refractivity contribution is 5.45. The Kier molecular flexibility index (Phi) is 5.47. The zero-order chi connectivity index (χ0) is 14.4. The van der Waals surface area contributed by atoms with Gasteiger partial charge in [-0.25, -0.2) is 0 Å². The molecule has 1 aliphatic heterocycles. The SMILES string of the molecule is CC(C)CN(CC[N+]1(C)CCCCC1)c1ccccc1. The van der Waals surface area contributed by atoms with Crippen LogP contribution in [0.5, 0.6) is 0 Å². The second kappa shape index (κ2) is 7.12. The normalized spacial score (nSPS) is 18.2. The summed E-state index contributed by atoms with van der Waals surface area (Å²) < 4.78 is 1.27. The first-order valence-corrected chi connectivity index (χ1v) is 8.23. The van der Waals surface area contributed by atoms with E-state index in [0.29, 0.717) is 5.92 Å². The molecule has 2 heteroatoms. The Morgan fingerprint density at radius 3 is 2.30 bits per heavy atom. The highest BCUT2D eigenvalue weighted by Crippen LogP contribution is 2.19. The predicted octanol–water partition coefficient (Wildman–Crippen LogP) is 3.78. The molecule has 2 rings (SSSR count). The smallest absolute Gasteiger partial charge is 0.0962 e. The molecule has 0 amide bonds. The summed E-state index contributed by atoms with van der Waals surface area (Å²) in [5.41, 5.74) is 1.38. The molecule has 1 heterocycles. The molecule has 0 unspecified atom stereocenters. The Bertz CT molecular complexity index is 380. The van der Waals surface area contributed by atoms with Gasteiger partial charge in [-0.2, -0.15) is 0 Å². The molecular formula is C18H31N2+. The minimum absolute atomic E-state index is 0.710. The van der Waals surface area contributed by atoms with Crippen molar-refractivity contribution in [3.63, 3.8) is 0 Å². The van der Waals surface area contributed by atoms with E-state index in [2.05, 4.69) is 56.1 Å². The fraction of sp³-hybridized carbons (Fsp3) is 0.667. The number of benzene rings is 1. The first kappa shape index (κ1) is 15.4. The summed E-state index contributed by atoms with van der Waals surface area (Å²) in [6.45, 7) is 11.0. The number of likely N-dealkylation sites (N-methyl/N-ethyl adjacent to an activating group) is 1. The third kappa shape index (κ3) is 4.52. The molecule has 0 radical (unpaired) electrons. The monoisotopic (exact) mass is 275 g/mol. The lowest BCUT2D eigenvalue weighted by Gasteiger charge is -2.40. The lowest BCUT2D eigenvalue weighted by molar-refractivity contribution is -0.912. The molecule has 20 heavy (non-hydrogen) atoms. The van der Waals surface area contributed by atoms with Crippen LogP contribution in [0, 0.1) is 5.92 Å². The third-order valence-electron chi connectivity index (χ3n) is 4.51. The quantitative estimate of drug-likeness (QED) is 0.714. The van der Waals surface area contributed by atoms with Gasteiger partial charge in [0.1, 0.15) is 0 Å². The van der Waals surface area contributed by atoms with Crippen molar-refractivity contribution >= 4 is 5.69 Å². The molecule has 0 spiro atoms. The number of rotatable bonds is 6. The van der Waals surface area contributed by atoms with Crippen LogP contribution in [0.3, 0.4) is 0 Å². The summed E-state index contributed by atoms with van der Waals surface area (Å²) >= 11 is 0. The molecule has 1 saturated heterocycles. The second-order valence-electron chi connectivity index (χ2n) is 7.03. The van der Waals surface area contributed by atoms with Gasteiger partial charge in [0.25, 0.3) is 0 Å². The molecule has 2 nitrogen and oxygen atoms in total. The lowest BCUT2D eigenvalue weighted by Crippen LogP contribution is -2.52. The van der Waals surface area contributed by atoms with E-state index in [4.69, 9.17) is 0 Å². The Morgan fingerprint density at radius 1 is 1.05 bits per heavy atom. The summed E-state index contributed by atoms with van der Waals surface area (Å²) in [4.78, 5) is 2.57. The van der Waals surface area contributed by atoms with E-state index in [0.717, 1.165) is 6.54 Å². The van der Waals surface area contributed by atoms with Crippen molar-refractivity contribution in [3.05, 3.63) is 30.3 Å². The van der Waals surface area contributed by atoms with Crippen LogP contribution < -0.4 is 4.90 Å². The third-order valence-corrected chi connectivity index (χ3v) is 4.51. The fourth-order valence-electron chi connectivity index (χ4n) is 3.27. The van der Waals surface area contributed by atoms with Gasteiger partial charge < -0.3 is 9.38 Å². The van der Waals surface area contributed by atoms with E-state index in [1.54, 1.807) is 0 Å². The number of anilines is 1. The van der Waals surface area contributed by atoms with Crippen molar-refractivity contribution in [1.29, 1.82) is 0 Å². The highest BCUT2D eigenvalue weighted by Gasteiger charge is 2.25. The molecule has 1 aromatic carbocycles. The van der Waals surface area contributed by atoms with Gasteiger partial charge in [0, 0.05) is 12.2 Å². The average molecular weight is 275 g/mol. The number of piperidine rings is 1. The van der Waals surface area contributed by atoms with E-state index in [1.165, 1.54) is 55.6 Å². The molecular weight excluding hydrogens is 244 g/mol. The number of likely N-dealkylation sites (tertiary alicyclic amines) is 1. The van der Waals surface area contributed by atoms with Gasteiger partial charge in [0.2, 0.25) is 0 Å². The Labute approximate surface area is 125 Å². The Hall–Kier alpha value is -1.02. The molecule has 0 atom stereocenters. The van der Waals surface area contributed by atoms with Crippen LogP contribution >= 0.6 is 0 Å². The summed E-state index contributed by atoms with van der Waals surface area (Å²) in [5, 5.41) is 0. The first-order valence-electron chi connectivity index (χ1n) is 8.23. The number of quaternary nitrogens is 1. The molecule has 0 aromatic heterocycles. The van der Waals surface area contributed by atoms with Gasteiger partial charge >= 0.3 is 0 Å². The molecule has 1 aromatic rings. The summed E-state index contributed by atoms with van der Waals surface area (Å²) in [5.74, 6) is 0.710. The average Bonchev–Trinajstić information content (AvgIpc) is 2.45. The van der Waals surface area contributed by atoms with Gasteiger partial charge in [0.15, 0.2) is 0 Å². The minimum atomic E-state index is 0.710. The fourth-order valence-corrected chi connectivity index (χ4v) is 3.27. The van der Waals surface area contributed by atoms with Crippen LogP contribution in [0.4, 0.5) is 5.69 Å². The highest BCUT2D eigenvalue weighted by atomic mass is 15.3. The van der Waals surface area contributed by atoms with E-state index >= 15 is 0 Å². The van der Waals surface area contributed by atoms with Gasteiger partial charge in [-0.05, 0) is 37.3 Å². The van der Waals surface area contributed by atoms with Crippen LogP contribution in [-0.4, -0.2) is 44.3 Å². The van der Waals surface area contributed by atoms with E-state index in [-0.39, 0.29) is 0 Å². The largest absolute Gasteiger partial charge is 0.366 e. The zero-order valence-electron chi connectivity index (χ0n) is 13.5. The molecule has 1 aliphatic rings. The second-order valence-corrected chi connectivity index (χ2v) is 7.03. The van der Waals surface area contributed by atoms with Crippen LogP contribution in [0.25, 0.3) is 0 Å². The molecule has 0 N–H and O–H groups in total. The van der Waals surface area contributed by atoms with Gasteiger partial charge in [-0.1, -0.05) is 32.0 Å². The molecule has 1 fully saturated rings. The predicted molar refractivity (Wildman–Crippen MR) is 88.1 cm³/mol. The summed E-state index contributed by atoms with van der Waals surface area (Å²) in [6.07, 6.45) is 4.25. The summed E-state index contributed by atoms with van der Waals surface area (Å²) in [6, 6.07) is 10.9. The van der Waals surface area contributed by atoms with E-state index < -0.39 is 0 Å². The van der Waals surface area contributed by atoms with Crippen molar-refractivity contribution in [2.24, 2.45) is 5.92 Å². The van der Waals surface area contributed by atoms with Crippen LogP contribution in [0.15, 0.2) is 30.3 Å². The van der Waals surface area contributed by atoms with Crippen LogP contribution in [0.2, 0.25) is 0 Å².